The number of fused-ring (bicyclic) bond motifs is 2. The molecule has 4 aliphatic rings. The van der Waals surface area contributed by atoms with Crippen molar-refractivity contribution in [2.24, 2.45) is 5.92 Å². The highest BCUT2D eigenvalue weighted by atomic mass is 16.3. The summed E-state index contributed by atoms with van der Waals surface area (Å²) in [6.45, 7) is 2.51. The molecule has 5 nitrogen and oxygen atoms in total. The number of piperidine rings is 1. The summed E-state index contributed by atoms with van der Waals surface area (Å²) < 4.78 is 0. The maximum absolute atomic E-state index is 13.1. The largest absolute Gasteiger partial charge is 0.508 e. The van der Waals surface area contributed by atoms with Gasteiger partial charge in [-0.3, -0.25) is 9.69 Å². The molecule has 1 aromatic rings. The Hall–Kier alpha value is -1.59. The summed E-state index contributed by atoms with van der Waals surface area (Å²) in [4.78, 5) is 17.7. The number of nitrogens with zero attached hydrogens (tertiary/aromatic N) is 2. The van der Waals surface area contributed by atoms with Crippen LogP contribution in [0.5, 0.6) is 5.75 Å². The van der Waals surface area contributed by atoms with Gasteiger partial charge >= 0.3 is 0 Å². The predicted octanol–water partition coefficient (Wildman–Crippen LogP) is 4.04. The molecule has 2 saturated carbocycles. The molecule has 2 heterocycles. The number of carbonyl (C=O) groups is 1. The smallest absolute Gasteiger partial charge is 0.254 e. The molecule has 0 aromatic heterocycles. The van der Waals surface area contributed by atoms with Crippen molar-refractivity contribution in [3.05, 3.63) is 29.8 Å². The number of phenolic OH excluding ortho intramolecular Hbond substituents is 1. The summed E-state index contributed by atoms with van der Waals surface area (Å²) in [5, 5.41) is 20.4. The number of rotatable bonds is 7. The van der Waals surface area contributed by atoms with Crippen LogP contribution in [0.15, 0.2) is 24.3 Å². The molecule has 2 unspecified atom stereocenters. The van der Waals surface area contributed by atoms with Crippen LogP contribution < -0.4 is 0 Å². The first kappa shape index (κ1) is 21.3. The summed E-state index contributed by atoms with van der Waals surface area (Å²) in [7, 11) is 0. The third-order valence-electron chi connectivity index (χ3n) is 8.47. The van der Waals surface area contributed by atoms with E-state index in [2.05, 4.69) is 11.0 Å². The van der Waals surface area contributed by atoms with Gasteiger partial charge in [-0.2, -0.15) is 0 Å². The third kappa shape index (κ3) is 4.63. The quantitative estimate of drug-likeness (QED) is 0.691. The minimum absolute atomic E-state index is 0.0138. The molecule has 2 saturated heterocycles. The summed E-state index contributed by atoms with van der Waals surface area (Å²) in [6.07, 6.45) is 12.4. The molecule has 1 amide bonds. The average Bonchev–Trinajstić information content (AvgIpc) is 3.49. The molecule has 4 fully saturated rings. The topological polar surface area (TPSA) is 64.0 Å². The summed E-state index contributed by atoms with van der Waals surface area (Å²) in [5.41, 5.74) is 0.206. The third-order valence-corrected chi connectivity index (χ3v) is 8.47. The number of amides is 1. The zero-order chi connectivity index (χ0) is 21.4. The van der Waals surface area contributed by atoms with Crippen molar-refractivity contribution in [1.82, 2.24) is 9.80 Å². The van der Waals surface area contributed by atoms with Gasteiger partial charge in [-0.15, -0.1) is 0 Å². The second-order valence-electron chi connectivity index (χ2n) is 10.7. The van der Waals surface area contributed by atoms with Gasteiger partial charge < -0.3 is 15.1 Å². The Morgan fingerprint density at radius 1 is 1.06 bits per heavy atom. The van der Waals surface area contributed by atoms with Crippen molar-refractivity contribution >= 4 is 5.91 Å². The lowest BCUT2D eigenvalue weighted by Gasteiger charge is -2.41. The van der Waals surface area contributed by atoms with E-state index in [1.807, 2.05) is 17.0 Å². The van der Waals surface area contributed by atoms with Crippen molar-refractivity contribution in [2.75, 3.05) is 19.6 Å². The van der Waals surface area contributed by atoms with E-state index in [-0.39, 0.29) is 5.91 Å². The number of benzene rings is 1. The molecular formula is C26H38N2O3. The molecule has 5 heteroatoms. The van der Waals surface area contributed by atoms with Crippen molar-refractivity contribution in [2.45, 2.75) is 94.2 Å². The molecule has 0 spiro atoms. The van der Waals surface area contributed by atoms with E-state index in [1.165, 1.54) is 50.5 Å². The van der Waals surface area contributed by atoms with Crippen LogP contribution in [0.1, 0.15) is 82.1 Å². The molecule has 31 heavy (non-hydrogen) atoms. The molecule has 5 rings (SSSR count). The van der Waals surface area contributed by atoms with Crippen LogP contribution in [0.25, 0.3) is 0 Å². The van der Waals surface area contributed by atoms with Gasteiger partial charge in [-0.1, -0.05) is 31.4 Å². The highest BCUT2D eigenvalue weighted by molar-refractivity contribution is 5.87. The van der Waals surface area contributed by atoms with Gasteiger partial charge in [0.1, 0.15) is 11.4 Å². The Balaban J connectivity index is 1.22. The zero-order valence-electron chi connectivity index (χ0n) is 18.7. The highest BCUT2D eigenvalue weighted by Crippen LogP contribution is 2.43. The van der Waals surface area contributed by atoms with E-state index in [1.54, 1.807) is 6.07 Å². The maximum atomic E-state index is 13.1. The van der Waals surface area contributed by atoms with Gasteiger partial charge in [0.2, 0.25) is 0 Å². The van der Waals surface area contributed by atoms with Gasteiger partial charge in [-0.25, -0.2) is 0 Å². The van der Waals surface area contributed by atoms with Crippen LogP contribution in [0.4, 0.5) is 0 Å². The van der Waals surface area contributed by atoms with Gasteiger partial charge in [0.25, 0.3) is 5.91 Å². The summed E-state index contributed by atoms with van der Waals surface area (Å²) >= 11 is 0. The van der Waals surface area contributed by atoms with E-state index in [4.69, 9.17) is 0 Å². The monoisotopic (exact) mass is 426 g/mol. The highest BCUT2D eigenvalue weighted by Gasteiger charge is 2.50. The van der Waals surface area contributed by atoms with E-state index in [9.17, 15) is 15.0 Å². The lowest BCUT2D eigenvalue weighted by molar-refractivity contribution is -0.143. The molecule has 2 atom stereocenters. The normalized spacial score (nSPS) is 30.3. The van der Waals surface area contributed by atoms with Crippen LogP contribution in [0.3, 0.4) is 0 Å². The second-order valence-corrected chi connectivity index (χ2v) is 10.7. The summed E-state index contributed by atoms with van der Waals surface area (Å²) in [5.74, 6) is 1.48. The first-order valence-corrected chi connectivity index (χ1v) is 12.6. The number of hydrogen-bond acceptors (Lipinski definition) is 4. The zero-order valence-corrected chi connectivity index (χ0v) is 18.7. The second kappa shape index (κ2) is 8.74. The number of carbonyl (C=O) groups excluding carboxylic acids is 1. The molecule has 170 valence electrons. The molecule has 2 bridgehead atoms. The Bertz CT molecular complexity index is 773. The van der Waals surface area contributed by atoms with Crippen molar-refractivity contribution in [3.63, 3.8) is 0 Å². The fraction of sp³-hybridized carbons (Fsp3) is 0.731. The number of phenols is 1. The first-order chi connectivity index (χ1) is 15.0. The minimum Gasteiger partial charge on any atom is -0.508 e. The Morgan fingerprint density at radius 2 is 1.77 bits per heavy atom. The SMILES string of the molecule is O=C(N(CCN1C2CCC1CC(c1cccc(O)c1)C2)CC1CCCCC1)C1(O)CC1. The van der Waals surface area contributed by atoms with Crippen molar-refractivity contribution in [3.8, 4) is 5.75 Å². The lowest BCUT2D eigenvalue weighted by Crippen LogP contribution is -2.50. The van der Waals surface area contributed by atoms with Gasteiger partial charge in [0.15, 0.2) is 0 Å². The van der Waals surface area contributed by atoms with Crippen LogP contribution in [0.2, 0.25) is 0 Å². The van der Waals surface area contributed by atoms with E-state index >= 15 is 0 Å². The standard InChI is InChI=1S/C26H38N2O3/c29-24-8-4-7-20(17-24)21-15-22-9-10-23(16-21)28(22)14-13-27(25(30)26(31)11-12-26)18-19-5-2-1-3-6-19/h4,7-8,17,19,21-23,29,31H,1-3,5-6,9-16,18H2. The maximum Gasteiger partial charge on any atom is 0.254 e. The van der Waals surface area contributed by atoms with Gasteiger partial charge in [0, 0.05) is 31.7 Å². The molecule has 2 N–H and O–H groups in total. The number of aliphatic hydroxyl groups is 1. The molecular weight excluding hydrogens is 388 g/mol. The molecule has 2 aliphatic heterocycles. The Kier molecular flexibility index (Phi) is 6.00. The predicted molar refractivity (Wildman–Crippen MR) is 121 cm³/mol. The van der Waals surface area contributed by atoms with Crippen LogP contribution in [0, 0.1) is 5.92 Å². The average molecular weight is 427 g/mol. The molecule has 1 aromatic carbocycles. The van der Waals surface area contributed by atoms with Gasteiger partial charge in [0.05, 0.1) is 0 Å². The van der Waals surface area contributed by atoms with E-state index in [0.29, 0.717) is 42.5 Å². The minimum atomic E-state index is -1.06. The van der Waals surface area contributed by atoms with Gasteiger partial charge in [-0.05, 0) is 80.9 Å². The molecule has 2 aliphatic carbocycles. The lowest BCUT2D eigenvalue weighted by atomic mass is 9.85. The van der Waals surface area contributed by atoms with Crippen LogP contribution in [-0.2, 0) is 4.79 Å². The van der Waals surface area contributed by atoms with E-state index < -0.39 is 5.60 Å². The Morgan fingerprint density at radius 3 is 2.42 bits per heavy atom. The number of aromatic hydroxyl groups is 1. The summed E-state index contributed by atoms with van der Waals surface area (Å²) in [6, 6.07) is 8.93. The van der Waals surface area contributed by atoms with Crippen molar-refractivity contribution in [1.29, 1.82) is 0 Å². The molecule has 0 radical (unpaired) electrons. The Labute approximate surface area is 186 Å². The first-order valence-electron chi connectivity index (χ1n) is 12.6. The van der Waals surface area contributed by atoms with Crippen LogP contribution >= 0.6 is 0 Å². The fourth-order valence-electron chi connectivity index (χ4n) is 6.51. The van der Waals surface area contributed by atoms with Crippen LogP contribution in [-0.4, -0.2) is 63.2 Å². The number of hydrogen-bond donors (Lipinski definition) is 2. The fourth-order valence-corrected chi connectivity index (χ4v) is 6.51. The van der Waals surface area contributed by atoms with Crippen molar-refractivity contribution < 1.29 is 15.0 Å². The van der Waals surface area contributed by atoms with E-state index in [0.717, 1.165) is 32.5 Å².